The van der Waals surface area contributed by atoms with Gasteiger partial charge in [0.15, 0.2) is 0 Å². The van der Waals surface area contributed by atoms with E-state index in [2.05, 4.69) is 22.4 Å². The summed E-state index contributed by atoms with van der Waals surface area (Å²) in [5.74, 6) is 0.580. The number of rotatable bonds is 4. The van der Waals surface area contributed by atoms with Crippen molar-refractivity contribution in [1.82, 2.24) is 10.3 Å². The first-order valence-corrected chi connectivity index (χ1v) is 8.73. The van der Waals surface area contributed by atoms with Crippen molar-refractivity contribution in [3.8, 4) is 16.9 Å². The van der Waals surface area contributed by atoms with E-state index in [1.54, 1.807) is 23.5 Å². The smallest absolute Gasteiger partial charge is 0.131 e. The van der Waals surface area contributed by atoms with Crippen LogP contribution in [0.3, 0.4) is 0 Å². The first kappa shape index (κ1) is 15.3. The molecule has 122 valence electrons. The van der Waals surface area contributed by atoms with Crippen LogP contribution in [0.5, 0.6) is 5.75 Å². The summed E-state index contributed by atoms with van der Waals surface area (Å²) in [4.78, 5) is 4.44. The molecule has 0 unspecified atom stereocenters. The molecule has 1 aliphatic rings. The maximum absolute atomic E-state index is 13.2. The van der Waals surface area contributed by atoms with Gasteiger partial charge in [-0.3, -0.25) is 0 Å². The largest absolute Gasteiger partial charge is 0.487 e. The summed E-state index contributed by atoms with van der Waals surface area (Å²) in [5.41, 5.74) is 5.40. The van der Waals surface area contributed by atoms with Gasteiger partial charge >= 0.3 is 0 Å². The molecular formula is C19H17FN2OS. The molecule has 2 heterocycles. The zero-order chi connectivity index (χ0) is 16.5. The molecule has 0 aliphatic carbocycles. The Bertz CT molecular complexity index is 874. The zero-order valence-electron chi connectivity index (χ0n) is 13.3. The number of aromatic nitrogens is 1. The van der Waals surface area contributed by atoms with Crippen molar-refractivity contribution in [1.29, 1.82) is 0 Å². The molecule has 0 amide bonds. The van der Waals surface area contributed by atoms with Gasteiger partial charge in [0.25, 0.3) is 0 Å². The Kier molecular flexibility index (Phi) is 4.04. The fourth-order valence-electron chi connectivity index (χ4n) is 2.93. The number of hydrogen-bond donors (Lipinski definition) is 1. The molecular weight excluding hydrogens is 323 g/mol. The Morgan fingerprint density at radius 2 is 1.92 bits per heavy atom. The summed E-state index contributed by atoms with van der Waals surface area (Å²) < 4.78 is 19.3. The third-order valence-corrected chi connectivity index (χ3v) is 4.95. The molecule has 5 heteroatoms. The third-order valence-electron chi connectivity index (χ3n) is 4.13. The summed E-state index contributed by atoms with van der Waals surface area (Å²) >= 11 is 1.62. The van der Waals surface area contributed by atoms with Gasteiger partial charge in [-0.1, -0.05) is 12.1 Å². The highest BCUT2D eigenvalue weighted by molar-refractivity contribution is 7.09. The number of nitrogens with one attached hydrogen (secondary N) is 1. The average Bonchev–Trinajstić information content (AvgIpc) is 3.21. The van der Waals surface area contributed by atoms with Crippen molar-refractivity contribution < 1.29 is 9.13 Å². The number of thiazole rings is 1. The number of ether oxygens (including phenoxy) is 1. The van der Waals surface area contributed by atoms with Gasteiger partial charge in [-0.2, -0.15) is 0 Å². The van der Waals surface area contributed by atoms with E-state index in [0.717, 1.165) is 40.7 Å². The zero-order valence-corrected chi connectivity index (χ0v) is 14.1. The quantitative estimate of drug-likeness (QED) is 0.762. The number of aryl methyl sites for hydroxylation is 1. The summed E-state index contributed by atoms with van der Waals surface area (Å²) in [7, 11) is 0. The SMILES string of the molecule is Cc1nc(COc2cc3c(cc2-c2ccc(F)cc2)CNC3)cs1. The Hall–Kier alpha value is -2.24. The van der Waals surface area contributed by atoms with Crippen LogP contribution in [0.2, 0.25) is 0 Å². The lowest BCUT2D eigenvalue weighted by molar-refractivity contribution is 0.303. The molecule has 1 aromatic heterocycles. The number of halogens is 1. The van der Waals surface area contributed by atoms with Crippen LogP contribution >= 0.6 is 11.3 Å². The normalized spacial score (nSPS) is 13.1. The van der Waals surface area contributed by atoms with Crippen molar-refractivity contribution in [2.24, 2.45) is 0 Å². The molecule has 0 saturated heterocycles. The first-order chi connectivity index (χ1) is 11.7. The number of nitrogens with zero attached hydrogens (tertiary/aromatic N) is 1. The standard InChI is InChI=1S/C19H17FN2OS/c1-12-22-17(11-24-12)10-23-19-7-15-9-21-8-14(15)6-18(19)13-2-4-16(20)5-3-13/h2-7,11,21H,8-10H2,1H3. The molecule has 4 rings (SSSR count). The Balaban J connectivity index is 1.69. The molecule has 0 radical (unpaired) electrons. The van der Waals surface area contributed by atoms with E-state index in [-0.39, 0.29) is 5.82 Å². The van der Waals surface area contributed by atoms with Crippen molar-refractivity contribution in [2.45, 2.75) is 26.6 Å². The maximum atomic E-state index is 13.2. The second kappa shape index (κ2) is 6.34. The number of hydrogen-bond acceptors (Lipinski definition) is 4. The molecule has 1 aliphatic heterocycles. The molecule has 2 aromatic carbocycles. The molecule has 0 saturated carbocycles. The summed E-state index contributed by atoms with van der Waals surface area (Å²) in [5, 5.41) is 6.40. The first-order valence-electron chi connectivity index (χ1n) is 7.85. The molecule has 3 nitrogen and oxygen atoms in total. The topological polar surface area (TPSA) is 34.1 Å². The molecule has 0 bridgehead atoms. The van der Waals surface area contributed by atoms with E-state index in [4.69, 9.17) is 4.74 Å². The molecule has 0 fully saturated rings. The lowest BCUT2D eigenvalue weighted by Gasteiger charge is -2.13. The van der Waals surface area contributed by atoms with E-state index in [1.807, 2.05) is 12.3 Å². The van der Waals surface area contributed by atoms with Crippen LogP contribution in [0, 0.1) is 12.7 Å². The molecule has 3 aromatic rings. The monoisotopic (exact) mass is 340 g/mol. The van der Waals surface area contributed by atoms with Crippen LogP contribution in [0.25, 0.3) is 11.1 Å². The van der Waals surface area contributed by atoms with Gasteiger partial charge < -0.3 is 10.1 Å². The van der Waals surface area contributed by atoms with Gasteiger partial charge in [0.05, 0.1) is 10.7 Å². The highest BCUT2D eigenvalue weighted by Gasteiger charge is 2.16. The van der Waals surface area contributed by atoms with Gasteiger partial charge in [-0.05, 0) is 47.9 Å². The Morgan fingerprint density at radius 3 is 2.62 bits per heavy atom. The lowest BCUT2D eigenvalue weighted by atomic mass is 9.99. The molecule has 0 spiro atoms. The second-order valence-electron chi connectivity index (χ2n) is 5.87. The Morgan fingerprint density at radius 1 is 1.17 bits per heavy atom. The molecule has 24 heavy (non-hydrogen) atoms. The summed E-state index contributed by atoms with van der Waals surface area (Å²) in [6, 6.07) is 10.8. The lowest BCUT2D eigenvalue weighted by Crippen LogP contribution is -2.00. The van der Waals surface area contributed by atoms with Crippen LogP contribution in [-0.2, 0) is 19.7 Å². The van der Waals surface area contributed by atoms with Crippen LogP contribution in [-0.4, -0.2) is 4.98 Å². The van der Waals surface area contributed by atoms with Gasteiger partial charge in [0, 0.05) is 24.0 Å². The number of fused-ring (bicyclic) bond motifs is 1. The van der Waals surface area contributed by atoms with Gasteiger partial charge in [-0.15, -0.1) is 11.3 Å². The number of benzene rings is 2. The highest BCUT2D eigenvalue weighted by Crippen LogP contribution is 2.35. The maximum Gasteiger partial charge on any atom is 0.131 e. The van der Waals surface area contributed by atoms with Crippen LogP contribution in [0.15, 0.2) is 41.8 Å². The predicted octanol–water partition coefficient (Wildman–Crippen LogP) is 4.44. The highest BCUT2D eigenvalue weighted by atomic mass is 32.1. The van der Waals surface area contributed by atoms with E-state index < -0.39 is 0 Å². The van der Waals surface area contributed by atoms with Gasteiger partial charge in [-0.25, -0.2) is 9.37 Å². The predicted molar refractivity (Wildman–Crippen MR) is 93.6 cm³/mol. The van der Waals surface area contributed by atoms with Crippen LogP contribution in [0.4, 0.5) is 4.39 Å². The average molecular weight is 340 g/mol. The summed E-state index contributed by atoms with van der Waals surface area (Å²) in [6.45, 7) is 4.13. The minimum absolute atomic E-state index is 0.234. The molecule has 1 N–H and O–H groups in total. The third kappa shape index (κ3) is 3.05. The molecule has 0 atom stereocenters. The Labute approximate surface area is 144 Å². The van der Waals surface area contributed by atoms with Crippen molar-refractivity contribution in [3.05, 3.63) is 69.4 Å². The van der Waals surface area contributed by atoms with Gasteiger partial charge in [0.1, 0.15) is 18.2 Å². The van der Waals surface area contributed by atoms with E-state index >= 15 is 0 Å². The van der Waals surface area contributed by atoms with E-state index in [1.165, 1.54) is 23.3 Å². The van der Waals surface area contributed by atoms with Crippen LogP contribution in [0.1, 0.15) is 21.8 Å². The minimum Gasteiger partial charge on any atom is -0.487 e. The van der Waals surface area contributed by atoms with E-state index in [0.29, 0.717) is 6.61 Å². The van der Waals surface area contributed by atoms with Crippen molar-refractivity contribution in [2.75, 3.05) is 0 Å². The van der Waals surface area contributed by atoms with Crippen molar-refractivity contribution >= 4 is 11.3 Å². The van der Waals surface area contributed by atoms with E-state index in [9.17, 15) is 4.39 Å². The fraction of sp³-hybridized carbons (Fsp3) is 0.211. The second-order valence-corrected chi connectivity index (χ2v) is 6.94. The summed E-state index contributed by atoms with van der Waals surface area (Å²) in [6.07, 6.45) is 0. The van der Waals surface area contributed by atoms with Gasteiger partial charge in [0.2, 0.25) is 0 Å². The minimum atomic E-state index is -0.234. The van der Waals surface area contributed by atoms with Crippen molar-refractivity contribution in [3.63, 3.8) is 0 Å². The van der Waals surface area contributed by atoms with Crippen LogP contribution < -0.4 is 10.1 Å². The fourth-order valence-corrected chi connectivity index (χ4v) is 3.53.